The van der Waals surface area contributed by atoms with Gasteiger partial charge in [0, 0.05) is 17.4 Å². The lowest BCUT2D eigenvalue weighted by Gasteiger charge is -2.10. The number of hydrogen-bond donors (Lipinski definition) is 2. The van der Waals surface area contributed by atoms with Gasteiger partial charge < -0.3 is 10.6 Å². The zero-order valence-electron chi connectivity index (χ0n) is 15.1. The summed E-state index contributed by atoms with van der Waals surface area (Å²) in [6, 6.07) is 18.4. The third-order valence-corrected chi connectivity index (χ3v) is 4.00. The fraction of sp³-hybridized carbons (Fsp3) is 0.143. The van der Waals surface area contributed by atoms with Gasteiger partial charge >= 0.3 is 0 Å². The molecular formula is C21H19N5O. The quantitative estimate of drug-likeness (QED) is 0.703. The summed E-state index contributed by atoms with van der Waals surface area (Å²) < 4.78 is 0. The molecule has 3 aromatic rings. The highest BCUT2D eigenvalue weighted by Crippen LogP contribution is 2.20. The first-order valence-electron chi connectivity index (χ1n) is 8.55. The third kappa shape index (κ3) is 4.67. The number of amides is 1. The molecule has 0 aliphatic carbocycles. The van der Waals surface area contributed by atoms with Crippen LogP contribution in [0.15, 0.2) is 60.9 Å². The van der Waals surface area contributed by atoms with Gasteiger partial charge in [-0.1, -0.05) is 32.0 Å². The van der Waals surface area contributed by atoms with E-state index in [2.05, 4.69) is 46.6 Å². The summed E-state index contributed by atoms with van der Waals surface area (Å²) >= 11 is 0. The minimum atomic E-state index is -0.370. The van der Waals surface area contributed by atoms with E-state index in [-0.39, 0.29) is 11.6 Å². The maximum atomic E-state index is 12.4. The molecule has 27 heavy (non-hydrogen) atoms. The molecular weight excluding hydrogens is 338 g/mol. The summed E-state index contributed by atoms with van der Waals surface area (Å²) in [6.45, 7) is 4.29. The van der Waals surface area contributed by atoms with Crippen molar-refractivity contribution in [3.8, 4) is 6.07 Å². The van der Waals surface area contributed by atoms with Crippen LogP contribution in [0, 0.1) is 11.3 Å². The SMILES string of the molecule is CC(C)c1ccc(Nc2cc(C(=O)Nc3cccc(C#N)c3)ncn2)cc1. The number of benzene rings is 2. The number of nitrogens with one attached hydrogen (secondary N) is 2. The number of carbonyl (C=O) groups excluding carboxylic acids is 1. The molecule has 0 atom stereocenters. The van der Waals surface area contributed by atoms with Gasteiger partial charge in [-0.25, -0.2) is 9.97 Å². The molecule has 0 aliphatic heterocycles. The standard InChI is InChI=1S/C21H19N5O/c1-14(2)16-6-8-17(9-7-16)25-20-11-19(23-13-24-20)21(27)26-18-5-3-4-15(10-18)12-22/h3-11,13-14H,1-2H3,(H,26,27)(H,23,24,25). The lowest BCUT2D eigenvalue weighted by atomic mass is 10.0. The average molecular weight is 357 g/mol. The van der Waals surface area contributed by atoms with Gasteiger partial charge in [-0.2, -0.15) is 5.26 Å². The molecule has 134 valence electrons. The van der Waals surface area contributed by atoms with Crippen molar-refractivity contribution in [2.45, 2.75) is 19.8 Å². The number of aromatic nitrogens is 2. The van der Waals surface area contributed by atoms with Gasteiger partial charge in [-0.15, -0.1) is 0 Å². The highest BCUT2D eigenvalue weighted by molar-refractivity contribution is 6.03. The molecule has 0 radical (unpaired) electrons. The van der Waals surface area contributed by atoms with Crippen LogP contribution in [0.4, 0.5) is 17.2 Å². The van der Waals surface area contributed by atoms with E-state index in [9.17, 15) is 4.79 Å². The first-order chi connectivity index (χ1) is 13.0. The smallest absolute Gasteiger partial charge is 0.274 e. The van der Waals surface area contributed by atoms with Gasteiger partial charge in [0.05, 0.1) is 11.6 Å². The van der Waals surface area contributed by atoms with Crippen molar-refractivity contribution in [2.24, 2.45) is 0 Å². The first kappa shape index (κ1) is 18.1. The number of anilines is 3. The monoisotopic (exact) mass is 357 g/mol. The van der Waals surface area contributed by atoms with E-state index in [4.69, 9.17) is 5.26 Å². The van der Waals surface area contributed by atoms with Crippen LogP contribution in [0.3, 0.4) is 0 Å². The largest absolute Gasteiger partial charge is 0.340 e. The Bertz CT molecular complexity index is 990. The zero-order chi connectivity index (χ0) is 19.2. The summed E-state index contributed by atoms with van der Waals surface area (Å²) in [5.41, 5.74) is 3.38. The lowest BCUT2D eigenvalue weighted by molar-refractivity contribution is 0.102. The van der Waals surface area contributed by atoms with Gasteiger partial charge in [0.25, 0.3) is 5.91 Å². The highest BCUT2D eigenvalue weighted by Gasteiger charge is 2.10. The van der Waals surface area contributed by atoms with Crippen molar-refractivity contribution in [2.75, 3.05) is 10.6 Å². The van der Waals surface area contributed by atoms with E-state index < -0.39 is 0 Å². The van der Waals surface area contributed by atoms with E-state index >= 15 is 0 Å². The van der Waals surface area contributed by atoms with Crippen molar-refractivity contribution in [3.05, 3.63) is 77.7 Å². The van der Waals surface area contributed by atoms with Gasteiger partial charge in [0.2, 0.25) is 0 Å². The zero-order valence-corrected chi connectivity index (χ0v) is 15.1. The second kappa shape index (κ2) is 8.11. The molecule has 6 heteroatoms. The van der Waals surface area contributed by atoms with E-state index in [1.807, 2.05) is 18.2 Å². The summed E-state index contributed by atoms with van der Waals surface area (Å²) in [5, 5.41) is 14.9. The van der Waals surface area contributed by atoms with Crippen LogP contribution >= 0.6 is 0 Å². The summed E-state index contributed by atoms with van der Waals surface area (Å²) in [7, 11) is 0. The Hall–Kier alpha value is -3.72. The molecule has 6 nitrogen and oxygen atoms in total. The summed E-state index contributed by atoms with van der Waals surface area (Å²) in [4.78, 5) is 20.6. The van der Waals surface area contributed by atoms with E-state index in [1.165, 1.54) is 11.9 Å². The topological polar surface area (TPSA) is 90.7 Å². The number of rotatable bonds is 5. The van der Waals surface area contributed by atoms with Crippen LogP contribution in [0.25, 0.3) is 0 Å². The molecule has 2 aromatic carbocycles. The Morgan fingerprint density at radius 1 is 1.04 bits per heavy atom. The minimum Gasteiger partial charge on any atom is -0.340 e. The molecule has 0 fully saturated rings. The number of nitrogens with zero attached hydrogens (tertiary/aromatic N) is 3. The molecule has 1 aromatic heterocycles. The van der Waals surface area contributed by atoms with Crippen LogP contribution < -0.4 is 10.6 Å². The predicted octanol–water partition coefficient (Wildman–Crippen LogP) is 4.47. The first-order valence-corrected chi connectivity index (χ1v) is 8.55. The molecule has 0 aliphatic rings. The maximum Gasteiger partial charge on any atom is 0.274 e. The third-order valence-electron chi connectivity index (χ3n) is 4.00. The fourth-order valence-electron chi connectivity index (χ4n) is 2.51. The van der Waals surface area contributed by atoms with Gasteiger partial charge in [0.1, 0.15) is 17.8 Å². The Balaban J connectivity index is 1.72. The molecule has 0 saturated carbocycles. The summed E-state index contributed by atoms with van der Waals surface area (Å²) in [6.07, 6.45) is 1.34. The highest BCUT2D eigenvalue weighted by atomic mass is 16.1. The van der Waals surface area contributed by atoms with Crippen molar-refractivity contribution >= 4 is 23.1 Å². The van der Waals surface area contributed by atoms with Crippen LogP contribution in [0.5, 0.6) is 0 Å². The Kier molecular flexibility index (Phi) is 5.43. The van der Waals surface area contributed by atoms with Crippen LogP contribution in [0.2, 0.25) is 0 Å². The molecule has 0 bridgehead atoms. The molecule has 0 unspecified atom stereocenters. The Morgan fingerprint density at radius 3 is 2.52 bits per heavy atom. The van der Waals surface area contributed by atoms with Crippen molar-refractivity contribution in [3.63, 3.8) is 0 Å². The van der Waals surface area contributed by atoms with E-state index in [0.29, 0.717) is 23.0 Å². The Morgan fingerprint density at radius 2 is 1.81 bits per heavy atom. The molecule has 1 amide bonds. The minimum absolute atomic E-state index is 0.230. The van der Waals surface area contributed by atoms with Crippen molar-refractivity contribution in [1.82, 2.24) is 9.97 Å². The van der Waals surface area contributed by atoms with Gasteiger partial charge in [0.15, 0.2) is 0 Å². The van der Waals surface area contributed by atoms with E-state index in [1.54, 1.807) is 30.3 Å². The molecule has 2 N–H and O–H groups in total. The second-order valence-corrected chi connectivity index (χ2v) is 6.34. The van der Waals surface area contributed by atoms with Gasteiger partial charge in [-0.05, 0) is 41.8 Å². The van der Waals surface area contributed by atoms with Crippen molar-refractivity contribution in [1.29, 1.82) is 5.26 Å². The van der Waals surface area contributed by atoms with E-state index in [0.717, 1.165) is 5.69 Å². The normalized spacial score (nSPS) is 10.3. The molecule has 3 rings (SSSR count). The number of hydrogen-bond acceptors (Lipinski definition) is 5. The second-order valence-electron chi connectivity index (χ2n) is 6.34. The summed E-state index contributed by atoms with van der Waals surface area (Å²) in [5.74, 6) is 0.622. The van der Waals surface area contributed by atoms with Crippen LogP contribution in [0.1, 0.15) is 41.4 Å². The Labute approximate surface area is 157 Å². The maximum absolute atomic E-state index is 12.4. The molecule has 1 heterocycles. The van der Waals surface area contributed by atoms with Crippen LogP contribution in [-0.4, -0.2) is 15.9 Å². The molecule has 0 saturated heterocycles. The number of carbonyl (C=O) groups is 1. The fourth-order valence-corrected chi connectivity index (χ4v) is 2.51. The van der Waals surface area contributed by atoms with Gasteiger partial charge in [-0.3, -0.25) is 4.79 Å². The van der Waals surface area contributed by atoms with Crippen molar-refractivity contribution < 1.29 is 4.79 Å². The van der Waals surface area contributed by atoms with Crippen LogP contribution in [-0.2, 0) is 0 Å². The predicted molar refractivity (Wildman–Crippen MR) is 105 cm³/mol. The average Bonchev–Trinajstić information content (AvgIpc) is 2.68. The number of nitriles is 1. The lowest BCUT2D eigenvalue weighted by Crippen LogP contribution is -2.14. The molecule has 0 spiro atoms.